The highest BCUT2D eigenvalue weighted by molar-refractivity contribution is 7.89. The van der Waals surface area contributed by atoms with Crippen molar-refractivity contribution in [1.29, 1.82) is 0 Å². The second kappa shape index (κ2) is 13.5. The van der Waals surface area contributed by atoms with Gasteiger partial charge in [0.2, 0.25) is 15.9 Å². The number of benzene rings is 4. The number of fused-ring (bicyclic) bond motifs is 1. The molecule has 0 spiro atoms. The molecule has 0 aromatic heterocycles. The Kier molecular flexibility index (Phi) is 9.53. The van der Waals surface area contributed by atoms with Crippen LogP contribution in [-0.2, 0) is 27.8 Å². The zero-order valence-corrected chi connectivity index (χ0v) is 25.9. The Hall–Kier alpha value is -4.38. The number of ether oxygens (including phenoxy) is 2. The van der Waals surface area contributed by atoms with Crippen molar-refractivity contribution in [1.82, 2.24) is 4.31 Å². The minimum atomic E-state index is -4.14. The van der Waals surface area contributed by atoms with E-state index in [1.807, 2.05) is 12.1 Å². The van der Waals surface area contributed by atoms with Crippen LogP contribution in [0.1, 0.15) is 28.4 Å². The molecular formula is C33H32ClN3O6S. The predicted octanol–water partition coefficient (Wildman–Crippen LogP) is 5.78. The van der Waals surface area contributed by atoms with Crippen LogP contribution < -0.4 is 19.7 Å². The molecule has 0 saturated carbocycles. The van der Waals surface area contributed by atoms with Crippen molar-refractivity contribution in [2.45, 2.75) is 24.8 Å². The monoisotopic (exact) mass is 633 g/mol. The van der Waals surface area contributed by atoms with E-state index in [1.165, 1.54) is 18.2 Å². The van der Waals surface area contributed by atoms with Crippen molar-refractivity contribution in [2.24, 2.45) is 0 Å². The lowest BCUT2D eigenvalue weighted by Crippen LogP contribution is -2.37. The number of halogens is 1. The van der Waals surface area contributed by atoms with Crippen LogP contribution in [0.2, 0.25) is 5.02 Å². The molecule has 1 aliphatic heterocycles. The van der Waals surface area contributed by atoms with Crippen LogP contribution in [0.3, 0.4) is 0 Å². The van der Waals surface area contributed by atoms with Crippen molar-refractivity contribution < 1.29 is 27.5 Å². The predicted molar refractivity (Wildman–Crippen MR) is 170 cm³/mol. The second-order valence-electron chi connectivity index (χ2n) is 10.1. The molecule has 9 nitrogen and oxygen atoms in total. The van der Waals surface area contributed by atoms with Gasteiger partial charge in [0.15, 0.2) is 0 Å². The largest absolute Gasteiger partial charge is 0.497 e. The average Bonchev–Trinajstić information content (AvgIpc) is 3.45. The van der Waals surface area contributed by atoms with Gasteiger partial charge in [0.05, 0.1) is 30.2 Å². The zero-order chi connectivity index (χ0) is 31.3. The van der Waals surface area contributed by atoms with Gasteiger partial charge >= 0.3 is 0 Å². The summed E-state index contributed by atoms with van der Waals surface area (Å²) < 4.78 is 39.3. The van der Waals surface area contributed by atoms with E-state index in [9.17, 15) is 18.0 Å². The van der Waals surface area contributed by atoms with Crippen molar-refractivity contribution in [3.05, 3.63) is 113 Å². The number of methoxy groups -OCH3 is 1. The van der Waals surface area contributed by atoms with E-state index < -0.39 is 22.5 Å². The molecular weight excluding hydrogens is 602 g/mol. The summed E-state index contributed by atoms with van der Waals surface area (Å²) in [5.41, 5.74) is 3.35. The fourth-order valence-electron chi connectivity index (χ4n) is 4.99. The third-order valence-corrected chi connectivity index (χ3v) is 9.29. The summed E-state index contributed by atoms with van der Waals surface area (Å²) in [5, 5.41) is 2.97. The lowest BCUT2D eigenvalue weighted by Gasteiger charge is -2.23. The molecule has 44 heavy (non-hydrogen) atoms. The zero-order valence-electron chi connectivity index (χ0n) is 24.3. The first-order chi connectivity index (χ1) is 21.2. The summed E-state index contributed by atoms with van der Waals surface area (Å²) in [4.78, 5) is 28.3. The van der Waals surface area contributed by atoms with E-state index >= 15 is 0 Å². The van der Waals surface area contributed by atoms with Crippen LogP contribution in [0, 0.1) is 0 Å². The minimum Gasteiger partial charge on any atom is -0.497 e. The molecule has 2 amide bonds. The number of nitrogens with zero attached hydrogens (tertiary/aromatic N) is 2. The molecule has 0 aliphatic carbocycles. The molecule has 0 atom stereocenters. The van der Waals surface area contributed by atoms with Crippen LogP contribution >= 0.6 is 11.6 Å². The summed E-state index contributed by atoms with van der Waals surface area (Å²) >= 11 is 6.30. The molecule has 0 fully saturated rings. The molecule has 11 heteroatoms. The lowest BCUT2D eigenvalue weighted by atomic mass is 10.1. The number of carbonyl (C=O) groups is 2. The summed E-state index contributed by atoms with van der Waals surface area (Å²) in [6, 6.07) is 25.5. The number of carbonyl (C=O) groups excluding carboxylic acids is 2. The number of sulfonamides is 1. The maximum Gasteiger partial charge on any atom is 0.258 e. The Morgan fingerprint density at radius 1 is 0.977 bits per heavy atom. The molecule has 1 aliphatic rings. The van der Waals surface area contributed by atoms with Gasteiger partial charge in [0.1, 0.15) is 11.5 Å². The van der Waals surface area contributed by atoms with E-state index in [1.54, 1.807) is 79.6 Å². The Morgan fingerprint density at radius 3 is 2.41 bits per heavy atom. The molecule has 1 N–H and O–H groups in total. The molecule has 4 aromatic carbocycles. The third-order valence-electron chi connectivity index (χ3n) is 7.21. The smallest absolute Gasteiger partial charge is 0.258 e. The SMILES string of the molecule is CCOc1ccc(S(=O)(=O)N(CC(=O)Nc2ccc3c(c2)N(C(=O)c2ccc(OC)cc2)CC3)Cc2ccccc2)cc1Cl. The Balaban J connectivity index is 1.36. The fourth-order valence-corrected chi connectivity index (χ4v) is 6.71. The average molecular weight is 634 g/mol. The summed E-state index contributed by atoms with van der Waals surface area (Å²) in [7, 11) is -2.57. The number of rotatable bonds is 11. The van der Waals surface area contributed by atoms with Crippen LogP contribution in [0.4, 0.5) is 11.4 Å². The Labute approximate surface area is 262 Å². The van der Waals surface area contributed by atoms with Gasteiger partial charge in [-0.3, -0.25) is 9.59 Å². The Bertz CT molecular complexity index is 1760. The van der Waals surface area contributed by atoms with E-state index in [4.69, 9.17) is 21.1 Å². The molecule has 0 unspecified atom stereocenters. The first-order valence-electron chi connectivity index (χ1n) is 14.0. The van der Waals surface area contributed by atoms with Gasteiger partial charge in [-0.05, 0) is 79.1 Å². The first kappa shape index (κ1) is 31.1. The van der Waals surface area contributed by atoms with Crippen molar-refractivity contribution in [2.75, 3.05) is 37.0 Å². The van der Waals surface area contributed by atoms with Gasteiger partial charge in [0, 0.05) is 30.0 Å². The van der Waals surface area contributed by atoms with Crippen molar-refractivity contribution in [3.8, 4) is 11.5 Å². The topological polar surface area (TPSA) is 105 Å². The van der Waals surface area contributed by atoms with Gasteiger partial charge < -0.3 is 19.7 Å². The lowest BCUT2D eigenvalue weighted by molar-refractivity contribution is -0.116. The second-order valence-corrected chi connectivity index (χ2v) is 12.5. The number of anilines is 2. The van der Waals surface area contributed by atoms with E-state index in [0.29, 0.717) is 53.6 Å². The van der Waals surface area contributed by atoms with Gasteiger partial charge in [-0.15, -0.1) is 0 Å². The van der Waals surface area contributed by atoms with Crippen molar-refractivity contribution >= 4 is 44.8 Å². The highest BCUT2D eigenvalue weighted by Crippen LogP contribution is 2.33. The summed E-state index contributed by atoms with van der Waals surface area (Å²) in [6.45, 7) is 2.20. The van der Waals surface area contributed by atoms with Crippen LogP contribution in [0.15, 0.2) is 95.9 Å². The van der Waals surface area contributed by atoms with Gasteiger partial charge in [-0.1, -0.05) is 48.0 Å². The number of amides is 2. The first-order valence-corrected chi connectivity index (χ1v) is 15.9. The number of hydrogen-bond acceptors (Lipinski definition) is 6. The highest BCUT2D eigenvalue weighted by atomic mass is 35.5. The Morgan fingerprint density at radius 2 is 1.73 bits per heavy atom. The summed E-state index contributed by atoms with van der Waals surface area (Å²) in [5.74, 6) is 0.329. The molecule has 0 bridgehead atoms. The molecule has 0 radical (unpaired) electrons. The van der Waals surface area contributed by atoms with Crippen molar-refractivity contribution in [3.63, 3.8) is 0 Å². The standard InChI is InChI=1S/C33H32ClN3O6S/c1-3-43-31-16-15-28(20-29(31)34)44(40,41)36(21-23-7-5-4-6-8-23)22-32(38)35-26-12-9-24-17-18-37(30(24)19-26)33(39)25-10-13-27(42-2)14-11-25/h4-16,19-20H,3,17-18,21-22H2,1-2H3,(H,35,38). The van der Waals surface area contributed by atoms with Crippen LogP contribution in [-0.4, -0.2) is 51.3 Å². The molecule has 228 valence electrons. The molecule has 0 saturated heterocycles. The maximum atomic E-state index is 13.8. The maximum absolute atomic E-state index is 13.8. The molecule has 5 rings (SSSR count). The quantitative estimate of drug-likeness (QED) is 0.225. The summed E-state index contributed by atoms with van der Waals surface area (Å²) in [6.07, 6.45) is 0.680. The number of nitrogens with one attached hydrogen (secondary N) is 1. The van der Waals surface area contributed by atoms with Crippen LogP contribution in [0.5, 0.6) is 11.5 Å². The van der Waals surface area contributed by atoms with Gasteiger partial charge in [0.25, 0.3) is 5.91 Å². The van der Waals surface area contributed by atoms with E-state index in [-0.39, 0.29) is 22.4 Å². The van der Waals surface area contributed by atoms with Gasteiger partial charge in [-0.25, -0.2) is 8.42 Å². The van der Waals surface area contributed by atoms with E-state index in [2.05, 4.69) is 5.32 Å². The highest BCUT2D eigenvalue weighted by Gasteiger charge is 2.29. The molecule has 4 aromatic rings. The minimum absolute atomic E-state index is 0.0320. The number of hydrogen-bond donors (Lipinski definition) is 1. The normalized spacial score (nSPS) is 12.6. The molecule has 1 heterocycles. The van der Waals surface area contributed by atoms with E-state index in [0.717, 1.165) is 9.87 Å². The van der Waals surface area contributed by atoms with Gasteiger partial charge in [-0.2, -0.15) is 4.31 Å². The third kappa shape index (κ3) is 6.88. The fraction of sp³-hybridized carbons (Fsp3) is 0.212. The van der Waals surface area contributed by atoms with Crippen LogP contribution in [0.25, 0.3) is 0 Å².